The zero-order valence-corrected chi connectivity index (χ0v) is 14.3. The molecule has 0 aromatic rings. The molecule has 1 heterocycles. The van der Waals surface area contributed by atoms with Crippen LogP contribution in [0.1, 0.15) is 54.4 Å². The molecule has 0 aliphatic carbocycles. The molecular formula is C16H30N2O3. The van der Waals surface area contributed by atoms with Crippen LogP contribution in [0.15, 0.2) is 0 Å². The molecule has 5 heteroatoms. The molecule has 1 rings (SSSR count). The first-order valence-electron chi connectivity index (χ1n) is 7.75. The maximum atomic E-state index is 12.0. The molecule has 1 aliphatic heterocycles. The highest BCUT2D eigenvalue weighted by Gasteiger charge is 2.28. The highest BCUT2D eigenvalue weighted by molar-refractivity contribution is 5.81. The Labute approximate surface area is 128 Å². The fourth-order valence-corrected chi connectivity index (χ4v) is 2.15. The van der Waals surface area contributed by atoms with E-state index in [1.165, 1.54) is 0 Å². The molecule has 0 saturated carbocycles. The Kier molecular flexibility index (Phi) is 5.65. The first-order chi connectivity index (χ1) is 9.49. The number of nitrogens with zero attached hydrogens (tertiary/aromatic N) is 1. The van der Waals surface area contributed by atoms with Crippen molar-refractivity contribution in [3.63, 3.8) is 0 Å². The van der Waals surface area contributed by atoms with Gasteiger partial charge in [-0.1, -0.05) is 20.8 Å². The molecule has 1 saturated heterocycles. The van der Waals surface area contributed by atoms with Crippen molar-refractivity contribution >= 4 is 12.0 Å². The molecule has 5 nitrogen and oxygen atoms in total. The molecule has 0 atom stereocenters. The lowest BCUT2D eigenvalue weighted by molar-refractivity contribution is -0.128. The standard InChI is InChI=1S/C16H30N2O3/c1-15(2,3)13(19)17-11-12-7-9-18(10-8-12)14(20)21-16(4,5)6/h12H,7-11H2,1-6H3,(H,17,19). The zero-order chi connectivity index (χ0) is 16.3. The minimum atomic E-state index is -0.450. The number of amides is 2. The Morgan fingerprint density at radius 3 is 2.05 bits per heavy atom. The van der Waals surface area contributed by atoms with E-state index in [2.05, 4.69) is 5.32 Å². The maximum absolute atomic E-state index is 12.0. The third-order valence-electron chi connectivity index (χ3n) is 3.50. The van der Waals surface area contributed by atoms with E-state index in [4.69, 9.17) is 4.74 Å². The summed E-state index contributed by atoms with van der Waals surface area (Å²) in [5.74, 6) is 0.520. The average Bonchev–Trinajstić information content (AvgIpc) is 2.33. The fourth-order valence-electron chi connectivity index (χ4n) is 2.15. The van der Waals surface area contributed by atoms with Crippen molar-refractivity contribution in [3.8, 4) is 0 Å². The van der Waals surface area contributed by atoms with Crippen LogP contribution >= 0.6 is 0 Å². The summed E-state index contributed by atoms with van der Waals surface area (Å²) in [7, 11) is 0. The van der Waals surface area contributed by atoms with Crippen molar-refractivity contribution in [1.82, 2.24) is 10.2 Å². The normalized spacial score (nSPS) is 17.5. The lowest BCUT2D eigenvalue weighted by atomic mass is 9.93. The summed E-state index contributed by atoms with van der Waals surface area (Å²) in [5.41, 5.74) is -0.800. The Hall–Kier alpha value is -1.26. The summed E-state index contributed by atoms with van der Waals surface area (Å²) in [5, 5.41) is 3.00. The van der Waals surface area contributed by atoms with Crippen LogP contribution in [0, 0.1) is 11.3 Å². The van der Waals surface area contributed by atoms with Gasteiger partial charge in [0.15, 0.2) is 0 Å². The van der Waals surface area contributed by atoms with Crippen LogP contribution in [0.2, 0.25) is 0 Å². The van der Waals surface area contributed by atoms with E-state index in [9.17, 15) is 9.59 Å². The lowest BCUT2D eigenvalue weighted by Gasteiger charge is -2.33. The number of nitrogens with one attached hydrogen (secondary N) is 1. The largest absolute Gasteiger partial charge is 0.444 e. The number of hydrogen-bond acceptors (Lipinski definition) is 3. The molecular weight excluding hydrogens is 268 g/mol. The molecule has 0 aromatic heterocycles. The minimum absolute atomic E-state index is 0.0806. The molecule has 0 bridgehead atoms. The molecule has 0 radical (unpaired) electrons. The highest BCUT2D eigenvalue weighted by Crippen LogP contribution is 2.20. The number of rotatable bonds is 2. The second kappa shape index (κ2) is 6.67. The number of carbonyl (C=O) groups excluding carboxylic acids is 2. The van der Waals surface area contributed by atoms with Crippen LogP contribution in [0.3, 0.4) is 0 Å². The lowest BCUT2D eigenvalue weighted by Crippen LogP contribution is -2.44. The SMILES string of the molecule is CC(C)(C)OC(=O)N1CCC(CNC(=O)C(C)(C)C)CC1. The van der Waals surface area contributed by atoms with Gasteiger partial charge in [0, 0.05) is 25.0 Å². The zero-order valence-electron chi connectivity index (χ0n) is 14.3. The summed E-state index contributed by atoms with van der Waals surface area (Å²) < 4.78 is 5.37. The number of ether oxygens (including phenoxy) is 1. The summed E-state index contributed by atoms with van der Waals surface area (Å²) in [4.78, 5) is 25.6. The molecule has 122 valence electrons. The van der Waals surface area contributed by atoms with Crippen LogP contribution < -0.4 is 5.32 Å². The van der Waals surface area contributed by atoms with Crippen molar-refractivity contribution in [2.24, 2.45) is 11.3 Å². The van der Waals surface area contributed by atoms with E-state index in [0.29, 0.717) is 25.6 Å². The number of hydrogen-bond donors (Lipinski definition) is 1. The van der Waals surface area contributed by atoms with Gasteiger partial charge < -0.3 is 15.0 Å². The van der Waals surface area contributed by atoms with Gasteiger partial charge in [0.1, 0.15) is 5.60 Å². The maximum Gasteiger partial charge on any atom is 0.410 e. The van der Waals surface area contributed by atoms with Gasteiger partial charge in [-0.25, -0.2) is 4.79 Å². The Morgan fingerprint density at radius 1 is 1.10 bits per heavy atom. The van der Waals surface area contributed by atoms with Crippen LogP contribution in [0.25, 0.3) is 0 Å². The van der Waals surface area contributed by atoms with Gasteiger partial charge >= 0.3 is 6.09 Å². The van der Waals surface area contributed by atoms with Crippen LogP contribution in [0.5, 0.6) is 0 Å². The topological polar surface area (TPSA) is 58.6 Å². The minimum Gasteiger partial charge on any atom is -0.444 e. The van der Waals surface area contributed by atoms with Gasteiger partial charge in [0.25, 0.3) is 0 Å². The predicted molar refractivity (Wildman–Crippen MR) is 83.0 cm³/mol. The van der Waals surface area contributed by atoms with E-state index in [-0.39, 0.29) is 17.4 Å². The molecule has 1 aliphatic rings. The van der Waals surface area contributed by atoms with Gasteiger partial charge in [0.2, 0.25) is 5.91 Å². The molecule has 1 fully saturated rings. The van der Waals surface area contributed by atoms with Crippen molar-refractivity contribution in [2.45, 2.75) is 60.0 Å². The summed E-state index contributed by atoms with van der Waals surface area (Å²) in [6, 6.07) is 0. The van der Waals surface area contributed by atoms with E-state index < -0.39 is 5.60 Å². The molecule has 21 heavy (non-hydrogen) atoms. The Bertz CT molecular complexity index is 372. The van der Waals surface area contributed by atoms with Gasteiger partial charge in [-0.2, -0.15) is 0 Å². The molecule has 0 unspecified atom stereocenters. The summed E-state index contributed by atoms with van der Waals surface area (Å²) in [6.07, 6.45) is 1.58. The van der Waals surface area contributed by atoms with Gasteiger partial charge in [-0.05, 0) is 39.5 Å². The average molecular weight is 298 g/mol. The summed E-state index contributed by atoms with van der Waals surface area (Å²) >= 11 is 0. The van der Waals surface area contributed by atoms with Crippen molar-refractivity contribution in [2.75, 3.05) is 19.6 Å². The third-order valence-corrected chi connectivity index (χ3v) is 3.50. The van der Waals surface area contributed by atoms with Crippen molar-refractivity contribution in [3.05, 3.63) is 0 Å². The number of carbonyl (C=O) groups is 2. The molecule has 1 N–H and O–H groups in total. The Balaban J connectivity index is 2.33. The van der Waals surface area contributed by atoms with Crippen LogP contribution in [-0.2, 0) is 9.53 Å². The van der Waals surface area contributed by atoms with Gasteiger partial charge in [0.05, 0.1) is 0 Å². The van der Waals surface area contributed by atoms with E-state index in [1.54, 1.807) is 4.90 Å². The summed E-state index contributed by atoms with van der Waals surface area (Å²) in [6.45, 7) is 13.4. The van der Waals surface area contributed by atoms with Gasteiger partial charge in [-0.15, -0.1) is 0 Å². The second-order valence-electron chi connectivity index (χ2n) is 7.87. The van der Waals surface area contributed by atoms with Crippen molar-refractivity contribution in [1.29, 1.82) is 0 Å². The predicted octanol–water partition coefficient (Wildman–Crippen LogP) is 2.80. The van der Waals surface area contributed by atoms with Crippen molar-refractivity contribution < 1.29 is 14.3 Å². The molecule has 0 spiro atoms. The second-order valence-corrected chi connectivity index (χ2v) is 7.87. The van der Waals surface area contributed by atoms with E-state index in [0.717, 1.165) is 12.8 Å². The quantitative estimate of drug-likeness (QED) is 0.853. The highest BCUT2D eigenvalue weighted by atomic mass is 16.6. The molecule has 0 aromatic carbocycles. The number of piperidine rings is 1. The smallest absolute Gasteiger partial charge is 0.410 e. The third kappa shape index (κ3) is 6.36. The van der Waals surface area contributed by atoms with Crippen LogP contribution in [0.4, 0.5) is 4.79 Å². The van der Waals surface area contributed by atoms with E-state index >= 15 is 0 Å². The fraction of sp³-hybridized carbons (Fsp3) is 0.875. The molecule has 2 amide bonds. The first-order valence-corrected chi connectivity index (χ1v) is 7.75. The Morgan fingerprint density at radius 2 is 1.62 bits per heavy atom. The van der Waals surface area contributed by atoms with E-state index in [1.807, 2.05) is 41.5 Å². The van der Waals surface area contributed by atoms with Crippen LogP contribution in [-0.4, -0.2) is 42.1 Å². The van der Waals surface area contributed by atoms with Gasteiger partial charge in [-0.3, -0.25) is 4.79 Å². The first kappa shape index (κ1) is 17.8. The monoisotopic (exact) mass is 298 g/mol. The number of likely N-dealkylation sites (tertiary alicyclic amines) is 1.